The van der Waals surface area contributed by atoms with Gasteiger partial charge in [-0.25, -0.2) is 17.9 Å². The van der Waals surface area contributed by atoms with Gasteiger partial charge in [0.1, 0.15) is 10.5 Å². The summed E-state index contributed by atoms with van der Waals surface area (Å²) in [6.07, 6.45) is -4.73. The first kappa shape index (κ1) is 24.7. The maximum Gasteiger partial charge on any atom is 0.417 e. The van der Waals surface area contributed by atoms with Crippen molar-refractivity contribution in [3.8, 4) is 0 Å². The quantitative estimate of drug-likeness (QED) is 0.524. The molecule has 3 N–H and O–H groups in total. The predicted octanol–water partition coefficient (Wildman–Crippen LogP) is 3.40. The van der Waals surface area contributed by atoms with E-state index in [-0.39, 0.29) is 34.1 Å². The van der Waals surface area contributed by atoms with E-state index in [1.165, 1.54) is 13.8 Å². The number of amides is 1. The lowest BCUT2D eigenvalue weighted by molar-refractivity contribution is -0.137. The number of anilines is 1. The Morgan fingerprint density at radius 2 is 1.84 bits per heavy atom. The zero-order chi connectivity index (χ0) is 23.6. The van der Waals surface area contributed by atoms with Crippen LogP contribution in [0.3, 0.4) is 0 Å². The number of benzene rings is 1. The minimum Gasteiger partial charge on any atom is -0.462 e. The van der Waals surface area contributed by atoms with Gasteiger partial charge in [0.05, 0.1) is 23.7 Å². The van der Waals surface area contributed by atoms with Crippen molar-refractivity contribution in [1.29, 1.82) is 0 Å². The topological polar surface area (TPSA) is 117 Å². The van der Waals surface area contributed by atoms with Gasteiger partial charge in [-0.3, -0.25) is 4.79 Å². The second-order valence-electron chi connectivity index (χ2n) is 6.36. The molecule has 0 bridgehead atoms. The molecule has 13 heteroatoms. The SMILES string of the molecule is CCOC(=O)c1c(C)[nH]c(C)c1S(=O)(=O)NCC(=O)Nc1ccc(Cl)c(C(F)(F)F)c1. The van der Waals surface area contributed by atoms with Crippen LogP contribution in [0.4, 0.5) is 18.9 Å². The fourth-order valence-corrected chi connectivity index (χ4v) is 4.45. The fraction of sp³-hybridized carbons (Fsp3) is 0.333. The van der Waals surface area contributed by atoms with E-state index in [1.54, 1.807) is 6.92 Å². The third kappa shape index (κ3) is 5.77. The van der Waals surface area contributed by atoms with Crippen LogP contribution in [0.15, 0.2) is 23.1 Å². The summed E-state index contributed by atoms with van der Waals surface area (Å²) in [7, 11) is -4.33. The van der Waals surface area contributed by atoms with Crippen molar-refractivity contribution < 1.29 is 35.9 Å². The van der Waals surface area contributed by atoms with Gasteiger partial charge in [0, 0.05) is 17.1 Å². The molecule has 1 aromatic heterocycles. The Balaban J connectivity index is 2.19. The molecule has 1 heterocycles. The average Bonchev–Trinajstić information content (AvgIpc) is 2.96. The van der Waals surface area contributed by atoms with E-state index >= 15 is 0 Å². The monoisotopic (exact) mass is 481 g/mol. The summed E-state index contributed by atoms with van der Waals surface area (Å²) in [4.78, 5) is 26.6. The van der Waals surface area contributed by atoms with Crippen molar-refractivity contribution in [3.05, 3.63) is 45.7 Å². The number of rotatable bonds is 7. The molecule has 0 spiro atoms. The lowest BCUT2D eigenvalue weighted by Gasteiger charge is -2.12. The number of sulfonamides is 1. The average molecular weight is 482 g/mol. The van der Waals surface area contributed by atoms with Gasteiger partial charge in [-0.1, -0.05) is 11.6 Å². The molecule has 170 valence electrons. The Bertz CT molecular complexity index is 1110. The predicted molar refractivity (Wildman–Crippen MR) is 106 cm³/mol. The highest BCUT2D eigenvalue weighted by molar-refractivity contribution is 7.89. The minimum atomic E-state index is -4.73. The molecule has 0 fully saturated rings. The molecule has 31 heavy (non-hydrogen) atoms. The number of esters is 1. The molecule has 0 saturated heterocycles. The van der Waals surface area contributed by atoms with Gasteiger partial charge >= 0.3 is 12.1 Å². The molecule has 0 atom stereocenters. The van der Waals surface area contributed by atoms with E-state index < -0.39 is 45.2 Å². The fourth-order valence-electron chi connectivity index (χ4n) is 2.80. The maximum absolute atomic E-state index is 12.9. The molecule has 1 aromatic carbocycles. The molecule has 0 aliphatic carbocycles. The summed E-state index contributed by atoms with van der Waals surface area (Å²) in [5.74, 6) is -1.78. The molecular formula is C18H19ClF3N3O5S. The van der Waals surface area contributed by atoms with Gasteiger partial charge in [-0.05, 0) is 39.0 Å². The minimum absolute atomic E-state index is 0.0266. The second-order valence-corrected chi connectivity index (χ2v) is 8.48. The normalized spacial score (nSPS) is 12.0. The van der Waals surface area contributed by atoms with Gasteiger partial charge < -0.3 is 15.0 Å². The lowest BCUT2D eigenvalue weighted by Crippen LogP contribution is -2.34. The summed E-state index contributed by atoms with van der Waals surface area (Å²) in [6, 6.07) is 2.73. The standard InChI is InChI=1S/C18H19ClF3N3O5S/c1-4-30-17(27)15-9(2)24-10(3)16(15)31(28,29)23-8-14(26)25-11-5-6-13(19)12(7-11)18(20,21)22/h5-7,23-24H,4,8H2,1-3H3,(H,25,26). The molecule has 2 rings (SSSR count). The molecule has 0 aliphatic rings. The molecule has 0 radical (unpaired) electrons. The van der Waals surface area contributed by atoms with Crippen LogP contribution in [0.5, 0.6) is 0 Å². The maximum atomic E-state index is 12.9. The smallest absolute Gasteiger partial charge is 0.417 e. The van der Waals surface area contributed by atoms with Crippen LogP contribution in [0.1, 0.15) is 34.2 Å². The van der Waals surface area contributed by atoms with E-state index in [4.69, 9.17) is 16.3 Å². The number of carbonyl (C=O) groups excluding carboxylic acids is 2. The van der Waals surface area contributed by atoms with Crippen molar-refractivity contribution in [3.63, 3.8) is 0 Å². The van der Waals surface area contributed by atoms with Crippen LogP contribution in [-0.4, -0.2) is 38.4 Å². The molecule has 2 aromatic rings. The van der Waals surface area contributed by atoms with Crippen molar-refractivity contribution in [1.82, 2.24) is 9.71 Å². The largest absolute Gasteiger partial charge is 0.462 e. The van der Waals surface area contributed by atoms with Crippen LogP contribution in [-0.2, 0) is 25.7 Å². The van der Waals surface area contributed by atoms with E-state index in [9.17, 15) is 31.2 Å². The number of H-pyrrole nitrogens is 1. The first-order valence-electron chi connectivity index (χ1n) is 8.80. The molecule has 0 unspecified atom stereocenters. The Kier molecular flexibility index (Phi) is 7.40. The van der Waals surface area contributed by atoms with Gasteiger partial charge in [-0.2, -0.15) is 13.2 Å². The number of aromatic amines is 1. The van der Waals surface area contributed by atoms with Crippen LogP contribution in [0.25, 0.3) is 0 Å². The van der Waals surface area contributed by atoms with Gasteiger partial charge in [0.25, 0.3) is 0 Å². The molecular weight excluding hydrogens is 463 g/mol. The Hall–Kier alpha value is -2.57. The van der Waals surface area contributed by atoms with Crippen LogP contribution in [0, 0.1) is 13.8 Å². The highest BCUT2D eigenvalue weighted by Gasteiger charge is 2.34. The molecule has 8 nitrogen and oxygen atoms in total. The van der Waals surface area contributed by atoms with Crippen LogP contribution >= 0.6 is 11.6 Å². The number of hydrogen-bond donors (Lipinski definition) is 3. The van der Waals surface area contributed by atoms with Gasteiger partial charge in [0.15, 0.2) is 0 Å². The number of halogens is 4. The third-order valence-electron chi connectivity index (χ3n) is 4.04. The number of ether oxygens (including phenoxy) is 1. The van der Waals surface area contributed by atoms with Crippen molar-refractivity contribution in [2.24, 2.45) is 0 Å². The Labute approximate surface area is 181 Å². The van der Waals surface area contributed by atoms with E-state index in [1.807, 2.05) is 4.72 Å². The lowest BCUT2D eigenvalue weighted by atomic mass is 10.2. The summed E-state index contributed by atoms with van der Waals surface area (Å²) in [6.45, 7) is 3.71. The number of nitrogens with one attached hydrogen (secondary N) is 3. The zero-order valence-electron chi connectivity index (χ0n) is 16.6. The first-order valence-corrected chi connectivity index (χ1v) is 10.7. The molecule has 0 saturated carbocycles. The molecule has 1 amide bonds. The van der Waals surface area contributed by atoms with Crippen LogP contribution in [0.2, 0.25) is 5.02 Å². The Morgan fingerprint density at radius 3 is 2.42 bits per heavy atom. The summed E-state index contributed by atoms with van der Waals surface area (Å²) in [5, 5.41) is 1.61. The zero-order valence-corrected chi connectivity index (χ0v) is 18.2. The van der Waals surface area contributed by atoms with Crippen LogP contribution < -0.4 is 10.0 Å². The molecule has 0 aliphatic heterocycles. The van der Waals surface area contributed by atoms with E-state index in [2.05, 4.69) is 10.3 Å². The number of aryl methyl sites for hydroxylation is 2. The van der Waals surface area contributed by atoms with Gasteiger partial charge in [0.2, 0.25) is 15.9 Å². The van der Waals surface area contributed by atoms with Crippen molar-refractivity contribution in [2.45, 2.75) is 31.8 Å². The number of hydrogen-bond acceptors (Lipinski definition) is 5. The number of aromatic nitrogens is 1. The highest BCUT2D eigenvalue weighted by Crippen LogP contribution is 2.36. The first-order chi connectivity index (χ1) is 14.3. The van der Waals surface area contributed by atoms with Crippen molar-refractivity contribution in [2.75, 3.05) is 18.5 Å². The van der Waals surface area contributed by atoms with E-state index in [0.717, 1.165) is 12.1 Å². The van der Waals surface area contributed by atoms with E-state index in [0.29, 0.717) is 6.07 Å². The second kappa shape index (κ2) is 9.28. The summed E-state index contributed by atoms with van der Waals surface area (Å²) < 4.78 is 71.1. The number of carbonyl (C=O) groups is 2. The van der Waals surface area contributed by atoms with Gasteiger partial charge in [-0.15, -0.1) is 0 Å². The summed E-state index contributed by atoms with van der Waals surface area (Å²) in [5.41, 5.74) is -1.14. The Morgan fingerprint density at radius 1 is 1.19 bits per heavy atom. The third-order valence-corrected chi connectivity index (χ3v) is 5.95. The van der Waals surface area contributed by atoms with Crippen molar-refractivity contribution >= 4 is 39.2 Å². The highest BCUT2D eigenvalue weighted by atomic mass is 35.5. The summed E-state index contributed by atoms with van der Waals surface area (Å²) >= 11 is 5.52. The number of alkyl halides is 3.